The van der Waals surface area contributed by atoms with Crippen molar-refractivity contribution < 1.29 is 19.1 Å². The molecule has 1 N–H and O–H groups in total. The van der Waals surface area contributed by atoms with Crippen LogP contribution in [0.3, 0.4) is 0 Å². The van der Waals surface area contributed by atoms with Gasteiger partial charge in [0.05, 0.1) is 12.1 Å². The topological polar surface area (TPSA) is 79.0 Å². The van der Waals surface area contributed by atoms with Crippen LogP contribution in [0.15, 0.2) is 0 Å². The predicted octanol–water partition coefficient (Wildman–Crippen LogP) is 0.282. The normalized spacial score (nSPS) is 36.8. The number of fused-ring (bicyclic) bond motifs is 2. The lowest BCUT2D eigenvalue weighted by molar-refractivity contribution is -0.157. The van der Waals surface area contributed by atoms with Gasteiger partial charge < -0.3 is 19.9 Å². The average Bonchev–Trinajstić information content (AvgIpc) is 3.14. The maximum Gasteiger partial charge on any atom is 0.248 e. The third kappa shape index (κ3) is 2.71. The van der Waals surface area contributed by atoms with E-state index in [0.29, 0.717) is 31.8 Å². The van der Waals surface area contributed by atoms with E-state index in [2.05, 4.69) is 5.32 Å². The van der Waals surface area contributed by atoms with Crippen LogP contribution in [0, 0.1) is 11.8 Å². The van der Waals surface area contributed by atoms with Crippen LogP contribution in [0.2, 0.25) is 0 Å². The standard InChI is InChI=1S/C19H27N3O4/c23-17(12-2-1-3-12)20-14-6-7-21-16(14)19(25)22-9-13(8-15(22)18(21)24)26-10-11-4-5-11/h11-16H,1-10H2,(H,20,23)/t13-,14+,15+,16+/m1/s1. The van der Waals surface area contributed by atoms with Crippen molar-refractivity contribution in [3.63, 3.8) is 0 Å². The van der Waals surface area contributed by atoms with E-state index in [9.17, 15) is 14.4 Å². The zero-order valence-electron chi connectivity index (χ0n) is 15.1. The van der Waals surface area contributed by atoms with E-state index in [0.717, 1.165) is 25.9 Å². The number of nitrogens with zero attached hydrogens (tertiary/aromatic N) is 2. The monoisotopic (exact) mass is 361 g/mol. The number of amides is 3. The van der Waals surface area contributed by atoms with Gasteiger partial charge in [-0.1, -0.05) is 6.42 Å². The summed E-state index contributed by atoms with van der Waals surface area (Å²) in [5, 5.41) is 3.06. The highest BCUT2D eigenvalue weighted by Gasteiger charge is 2.55. The summed E-state index contributed by atoms with van der Waals surface area (Å²) in [4.78, 5) is 41.8. The van der Waals surface area contributed by atoms with Gasteiger partial charge in [-0.05, 0) is 38.0 Å². The first-order chi connectivity index (χ1) is 12.6. The number of piperazine rings is 1. The van der Waals surface area contributed by atoms with Gasteiger partial charge in [0.2, 0.25) is 17.7 Å². The van der Waals surface area contributed by atoms with Crippen LogP contribution in [0.25, 0.3) is 0 Å². The minimum absolute atomic E-state index is 0.0106. The lowest BCUT2D eigenvalue weighted by atomic mass is 9.84. The highest BCUT2D eigenvalue weighted by atomic mass is 16.5. The SMILES string of the molecule is O=C(N[C@H]1CCN2C(=O)[C@@H]3C[C@@H](OCC4CC4)CN3C(=O)[C@H]12)C1CCC1. The largest absolute Gasteiger partial charge is 0.376 e. The zero-order chi connectivity index (χ0) is 17.8. The van der Waals surface area contributed by atoms with Gasteiger partial charge in [0, 0.05) is 32.0 Å². The summed E-state index contributed by atoms with van der Waals surface area (Å²) in [7, 11) is 0. The van der Waals surface area contributed by atoms with Crippen LogP contribution in [0.1, 0.15) is 44.9 Å². The summed E-state index contributed by atoms with van der Waals surface area (Å²) < 4.78 is 5.95. The van der Waals surface area contributed by atoms with Crippen LogP contribution >= 0.6 is 0 Å². The fourth-order valence-corrected chi connectivity index (χ4v) is 4.78. The molecule has 3 heterocycles. The van der Waals surface area contributed by atoms with Gasteiger partial charge in [-0.25, -0.2) is 0 Å². The maximum absolute atomic E-state index is 13.1. The van der Waals surface area contributed by atoms with E-state index in [-0.39, 0.29) is 41.8 Å². The molecule has 0 unspecified atom stereocenters. The fraction of sp³-hybridized carbons (Fsp3) is 0.842. The molecule has 3 amide bonds. The maximum atomic E-state index is 13.1. The zero-order valence-corrected chi connectivity index (χ0v) is 15.1. The van der Waals surface area contributed by atoms with E-state index < -0.39 is 6.04 Å². The van der Waals surface area contributed by atoms with Crippen molar-refractivity contribution in [2.75, 3.05) is 19.7 Å². The lowest BCUT2D eigenvalue weighted by Crippen LogP contribution is -2.64. The molecule has 2 saturated carbocycles. The van der Waals surface area contributed by atoms with Crippen molar-refractivity contribution in [1.82, 2.24) is 15.1 Å². The Morgan fingerprint density at radius 1 is 1.08 bits per heavy atom. The second-order valence-electron chi connectivity index (χ2n) is 8.65. The Balaban J connectivity index is 1.26. The van der Waals surface area contributed by atoms with E-state index in [1.807, 2.05) is 0 Å². The first kappa shape index (κ1) is 16.5. The Morgan fingerprint density at radius 3 is 2.58 bits per heavy atom. The predicted molar refractivity (Wildman–Crippen MR) is 92.0 cm³/mol. The summed E-state index contributed by atoms with van der Waals surface area (Å²) >= 11 is 0. The second-order valence-corrected chi connectivity index (χ2v) is 8.65. The molecule has 142 valence electrons. The van der Waals surface area contributed by atoms with Crippen LogP contribution in [-0.4, -0.2) is 71.4 Å². The third-order valence-corrected chi connectivity index (χ3v) is 6.83. The van der Waals surface area contributed by atoms with Gasteiger partial charge in [0.1, 0.15) is 12.1 Å². The van der Waals surface area contributed by atoms with Crippen LogP contribution in [0.4, 0.5) is 0 Å². The van der Waals surface area contributed by atoms with Gasteiger partial charge in [0.15, 0.2) is 0 Å². The van der Waals surface area contributed by atoms with Crippen LogP contribution < -0.4 is 5.32 Å². The van der Waals surface area contributed by atoms with Crippen molar-refractivity contribution in [3.05, 3.63) is 0 Å². The second kappa shape index (κ2) is 6.22. The number of hydrogen-bond acceptors (Lipinski definition) is 4. The molecular formula is C19H27N3O4. The quantitative estimate of drug-likeness (QED) is 0.763. The molecule has 0 bridgehead atoms. The van der Waals surface area contributed by atoms with Crippen molar-refractivity contribution in [2.45, 2.75) is 69.2 Å². The van der Waals surface area contributed by atoms with Crippen molar-refractivity contribution in [2.24, 2.45) is 11.8 Å². The van der Waals surface area contributed by atoms with E-state index in [1.54, 1.807) is 9.80 Å². The van der Waals surface area contributed by atoms with E-state index in [1.165, 1.54) is 12.8 Å². The van der Waals surface area contributed by atoms with Gasteiger partial charge in [-0.15, -0.1) is 0 Å². The average molecular weight is 361 g/mol. The van der Waals surface area contributed by atoms with Crippen molar-refractivity contribution in [3.8, 4) is 0 Å². The number of nitrogens with one attached hydrogen (secondary N) is 1. The molecule has 5 aliphatic rings. The van der Waals surface area contributed by atoms with Crippen molar-refractivity contribution in [1.29, 1.82) is 0 Å². The van der Waals surface area contributed by atoms with Gasteiger partial charge in [-0.3, -0.25) is 14.4 Å². The molecule has 0 spiro atoms. The summed E-state index contributed by atoms with van der Waals surface area (Å²) in [6.07, 6.45) is 6.69. The molecule has 3 saturated heterocycles. The smallest absolute Gasteiger partial charge is 0.248 e. The third-order valence-electron chi connectivity index (χ3n) is 6.83. The minimum Gasteiger partial charge on any atom is -0.376 e. The van der Waals surface area contributed by atoms with Crippen LogP contribution in [0.5, 0.6) is 0 Å². The first-order valence-corrected chi connectivity index (χ1v) is 10.1. The minimum atomic E-state index is -0.523. The fourth-order valence-electron chi connectivity index (χ4n) is 4.78. The lowest BCUT2D eigenvalue weighted by Gasteiger charge is -2.40. The first-order valence-electron chi connectivity index (χ1n) is 10.1. The number of rotatable bonds is 5. The Bertz CT molecular complexity index is 630. The van der Waals surface area contributed by atoms with E-state index in [4.69, 9.17) is 4.74 Å². The molecule has 4 atom stereocenters. The van der Waals surface area contributed by atoms with Gasteiger partial charge in [-0.2, -0.15) is 0 Å². The summed E-state index contributed by atoms with van der Waals surface area (Å²) in [6, 6.07) is -1.14. The molecule has 3 aliphatic heterocycles. The highest BCUT2D eigenvalue weighted by molar-refractivity contribution is 5.99. The molecular weight excluding hydrogens is 334 g/mol. The molecule has 26 heavy (non-hydrogen) atoms. The number of carbonyl (C=O) groups is 3. The molecule has 0 aromatic carbocycles. The van der Waals surface area contributed by atoms with E-state index >= 15 is 0 Å². The van der Waals surface area contributed by atoms with Gasteiger partial charge in [0.25, 0.3) is 0 Å². The molecule has 2 aliphatic carbocycles. The summed E-state index contributed by atoms with van der Waals surface area (Å²) in [6.45, 7) is 1.82. The summed E-state index contributed by atoms with van der Waals surface area (Å²) in [5.74, 6) is 0.847. The molecule has 0 aromatic rings. The Labute approximate surface area is 153 Å². The summed E-state index contributed by atoms with van der Waals surface area (Å²) in [5.41, 5.74) is 0. The Kier molecular flexibility index (Phi) is 3.95. The molecule has 5 rings (SSSR count). The molecule has 7 nitrogen and oxygen atoms in total. The molecule has 0 radical (unpaired) electrons. The molecule has 5 fully saturated rings. The molecule has 7 heteroatoms. The number of hydrogen-bond donors (Lipinski definition) is 1. The van der Waals surface area contributed by atoms with Gasteiger partial charge >= 0.3 is 0 Å². The van der Waals surface area contributed by atoms with Crippen LogP contribution in [-0.2, 0) is 19.1 Å². The Morgan fingerprint density at radius 2 is 1.88 bits per heavy atom. The number of ether oxygens (including phenoxy) is 1. The van der Waals surface area contributed by atoms with Crippen molar-refractivity contribution >= 4 is 17.7 Å². The molecule has 0 aromatic heterocycles. The Hall–Kier alpha value is -1.63. The highest BCUT2D eigenvalue weighted by Crippen LogP contribution is 2.35. The number of carbonyl (C=O) groups excluding carboxylic acids is 3.